The first-order chi connectivity index (χ1) is 10.6. The summed E-state index contributed by atoms with van der Waals surface area (Å²) in [7, 11) is 0. The van der Waals surface area contributed by atoms with Crippen LogP contribution in [0.15, 0.2) is 12.1 Å². The highest BCUT2D eigenvalue weighted by molar-refractivity contribution is 6.32. The van der Waals surface area contributed by atoms with Crippen LogP contribution in [0.1, 0.15) is 62.5 Å². The summed E-state index contributed by atoms with van der Waals surface area (Å²) >= 11 is 6.55. The molecule has 0 heterocycles. The fourth-order valence-corrected chi connectivity index (χ4v) is 4.27. The fourth-order valence-electron chi connectivity index (χ4n) is 3.94. The summed E-state index contributed by atoms with van der Waals surface area (Å²) < 4.78 is 6.22. The van der Waals surface area contributed by atoms with Gasteiger partial charge in [-0.25, -0.2) is 0 Å². The van der Waals surface area contributed by atoms with Gasteiger partial charge in [0.2, 0.25) is 0 Å². The number of ether oxygens (including phenoxy) is 1. The van der Waals surface area contributed by atoms with Crippen molar-refractivity contribution >= 4 is 11.6 Å². The predicted molar refractivity (Wildman–Crippen MR) is 92.8 cm³/mol. The second-order valence-electron chi connectivity index (χ2n) is 7.28. The van der Waals surface area contributed by atoms with E-state index in [1.54, 1.807) is 0 Å². The van der Waals surface area contributed by atoms with Gasteiger partial charge < -0.3 is 10.5 Å². The molecule has 122 valence electrons. The topological polar surface area (TPSA) is 35.2 Å². The number of nitrogens with two attached hydrogens (primary N) is 1. The summed E-state index contributed by atoms with van der Waals surface area (Å²) in [6.07, 6.45) is 10.1. The Hall–Kier alpha value is -0.730. The Morgan fingerprint density at radius 3 is 2.50 bits per heavy atom. The molecule has 2 saturated carbocycles. The smallest absolute Gasteiger partial charge is 0.141 e. The standard InChI is InChI=1S/C19H28ClNO/c1-14-10-16(19(13-21)8-3-2-4-9-19)18(17(20)11-14)22-12-15-6-5-7-15/h10-11,15H,2-9,12-13,21H2,1H3. The van der Waals surface area contributed by atoms with Crippen LogP contribution in [0.4, 0.5) is 0 Å². The van der Waals surface area contributed by atoms with Crippen LogP contribution in [-0.4, -0.2) is 13.2 Å². The Kier molecular flexibility index (Phi) is 4.99. The molecule has 0 radical (unpaired) electrons. The first kappa shape index (κ1) is 16.1. The first-order valence-corrected chi connectivity index (χ1v) is 9.16. The minimum atomic E-state index is 0.0584. The Labute approximate surface area is 139 Å². The van der Waals surface area contributed by atoms with Gasteiger partial charge in [0.25, 0.3) is 0 Å². The Morgan fingerprint density at radius 1 is 1.18 bits per heavy atom. The zero-order valence-electron chi connectivity index (χ0n) is 13.7. The normalized spacial score (nSPS) is 21.4. The van der Waals surface area contributed by atoms with Crippen LogP contribution in [0, 0.1) is 12.8 Å². The minimum Gasteiger partial charge on any atom is -0.491 e. The molecular formula is C19H28ClNO. The lowest BCUT2D eigenvalue weighted by molar-refractivity contribution is 0.175. The molecule has 0 amide bonds. The van der Waals surface area contributed by atoms with Crippen molar-refractivity contribution in [3.8, 4) is 5.75 Å². The molecular weight excluding hydrogens is 294 g/mol. The van der Waals surface area contributed by atoms with E-state index in [9.17, 15) is 0 Å². The van der Waals surface area contributed by atoms with Gasteiger partial charge in [-0.3, -0.25) is 0 Å². The van der Waals surface area contributed by atoms with E-state index in [1.807, 2.05) is 6.07 Å². The van der Waals surface area contributed by atoms with E-state index in [0.29, 0.717) is 12.5 Å². The molecule has 2 fully saturated rings. The highest BCUT2D eigenvalue weighted by Gasteiger charge is 2.36. The summed E-state index contributed by atoms with van der Waals surface area (Å²) in [6.45, 7) is 3.60. The van der Waals surface area contributed by atoms with Gasteiger partial charge in [0.1, 0.15) is 5.75 Å². The van der Waals surface area contributed by atoms with Gasteiger partial charge in [-0.1, -0.05) is 43.4 Å². The molecule has 0 saturated heterocycles. The number of rotatable bonds is 5. The number of hydrogen-bond acceptors (Lipinski definition) is 2. The monoisotopic (exact) mass is 321 g/mol. The van der Waals surface area contributed by atoms with Crippen LogP contribution >= 0.6 is 11.6 Å². The molecule has 0 aliphatic heterocycles. The average molecular weight is 322 g/mol. The zero-order valence-corrected chi connectivity index (χ0v) is 14.4. The van der Waals surface area contributed by atoms with E-state index in [1.165, 1.54) is 49.7 Å². The van der Waals surface area contributed by atoms with E-state index >= 15 is 0 Å². The van der Waals surface area contributed by atoms with Crippen LogP contribution < -0.4 is 10.5 Å². The third-order valence-electron chi connectivity index (χ3n) is 5.65. The maximum atomic E-state index is 6.55. The lowest BCUT2D eigenvalue weighted by atomic mass is 9.69. The molecule has 3 heteroatoms. The highest BCUT2D eigenvalue weighted by atomic mass is 35.5. The molecule has 0 atom stereocenters. The van der Waals surface area contributed by atoms with Gasteiger partial charge in [0.15, 0.2) is 0 Å². The summed E-state index contributed by atoms with van der Waals surface area (Å²) in [4.78, 5) is 0. The lowest BCUT2D eigenvalue weighted by Gasteiger charge is -2.38. The number of benzene rings is 1. The molecule has 2 N–H and O–H groups in total. The molecule has 0 aromatic heterocycles. The molecule has 2 aliphatic rings. The summed E-state index contributed by atoms with van der Waals surface area (Å²) in [5.41, 5.74) is 8.76. The first-order valence-electron chi connectivity index (χ1n) is 8.78. The fraction of sp³-hybridized carbons (Fsp3) is 0.684. The number of halogens is 1. The largest absolute Gasteiger partial charge is 0.491 e. The molecule has 2 aliphatic carbocycles. The van der Waals surface area contributed by atoms with E-state index in [0.717, 1.165) is 30.2 Å². The van der Waals surface area contributed by atoms with E-state index in [-0.39, 0.29) is 5.41 Å². The molecule has 1 aromatic carbocycles. The average Bonchev–Trinajstić information content (AvgIpc) is 2.48. The van der Waals surface area contributed by atoms with Crippen molar-refractivity contribution in [2.75, 3.05) is 13.2 Å². The summed E-state index contributed by atoms with van der Waals surface area (Å²) in [5.74, 6) is 1.62. The number of hydrogen-bond donors (Lipinski definition) is 1. The summed E-state index contributed by atoms with van der Waals surface area (Å²) in [6, 6.07) is 4.29. The molecule has 1 aromatic rings. The molecule has 0 spiro atoms. The molecule has 22 heavy (non-hydrogen) atoms. The Balaban J connectivity index is 1.92. The Bertz CT molecular complexity index is 518. The van der Waals surface area contributed by atoms with Gasteiger partial charge in [0, 0.05) is 17.5 Å². The van der Waals surface area contributed by atoms with Gasteiger partial charge in [-0.15, -0.1) is 0 Å². The molecule has 0 unspecified atom stereocenters. The van der Waals surface area contributed by atoms with Crippen LogP contribution in [-0.2, 0) is 5.41 Å². The van der Waals surface area contributed by atoms with Crippen molar-refractivity contribution < 1.29 is 4.74 Å². The maximum Gasteiger partial charge on any atom is 0.141 e. The molecule has 2 nitrogen and oxygen atoms in total. The van der Waals surface area contributed by atoms with Gasteiger partial charge in [-0.05, 0) is 50.2 Å². The van der Waals surface area contributed by atoms with Crippen molar-refractivity contribution in [3.05, 3.63) is 28.3 Å². The second kappa shape index (κ2) is 6.80. The van der Waals surface area contributed by atoms with E-state index < -0.39 is 0 Å². The van der Waals surface area contributed by atoms with Crippen molar-refractivity contribution in [1.29, 1.82) is 0 Å². The summed E-state index contributed by atoms with van der Waals surface area (Å²) in [5, 5.41) is 0.757. The van der Waals surface area contributed by atoms with Gasteiger partial charge in [-0.2, -0.15) is 0 Å². The molecule has 3 rings (SSSR count). The molecule has 0 bridgehead atoms. The van der Waals surface area contributed by atoms with Gasteiger partial charge in [0.05, 0.1) is 11.6 Å². The maximum absolute atomic E-state index is 6.55. The van der Waals surface area contributed by atoms with Crippen molar-refractivity contribution in [2.45, 2.75) is 63.7 Å². The predicted octanol–water partition coefficient (Wildman–Crippen LogP) is 4.99. The Morgan fingerprint density at radius 2 is 1.91 bits per heavy atom. The van der Waals surface area contributed by atoms with Crippen LogP contribution in [0.3, 0.4) is 0 Å². The van der Waals surface area contributed by atoms with Crippen molar-refractivity contribution in [2.24, 2.45) is 11.7 Å². The van der Waals surface area contributed by atoms with Crippen LogP contribution in [0.2, 0.25) is 5.02 Å². The van der Waals surface area contributed by atoms with E-state index in [4.69, 9.17) is 22.1 Å². The minimum absolute atomic E-state index is 0.0584. The lowest BCUT2D eigenvalue weighted by Crippen LogP contribution is -2.37. The third-order valence-corrected chi connectivity index (χ3v) is 5.93. The van der Waals surface area contributed by atoms with Crippen LogP contribution in [0.5, 0.6) is 5.75 Å². The van der Waals surface area contributed by atoms with Gasteiger partial charge >= 0.3 is 0 Å². The third kappa shape index (κ3) is 3.14. The van der Waals surface area contributed by atoms with Crippen molar-refractivity contribution in [3.63, 3.8) is 0 Å². The van der Waals surface area contributed by atoms with Crippen LogP contribution in [0.25, 0.3) is 0 Å². The number of aryl methyl sites for hydroxylation is 1. The quantitative estimate of drug-likeness (QED) is 0.829. The zero-order chi connectivity index (χ0) is 15.6. The SMILES string of the molecule is Cc1cc(Cl)c(OCC2CCC2)c(C2(CN)CCCCC2)c1. The highest BCUT2D eigenvalue weighted by Crippen LogP contribution is 2.46. The van der Waals surface area contributed by atoms with E-state index in [2.05, 4.69) is 13.0 Å². The van der Waals surface area contributed by atoms with Crippen molar-refractivity contribution in [1.82, 2.24) is 0 Å². The second-order valence-corrected chi connectivity index (χ2v) is 7.68.